The molecule has 5 nitrogen and oxygen atoms in total. The predicted octanol–water partition coefficient (Wildman–Crippen LogP) is 2.70. The second-order valence-electron chi connectivity index (χ2n) is 4.14. The predicted molar refractivity (Wildman–Crippen MR) is 68.2 cm³/mol. The van der Waals surface area contributed by atoms with Crippen LogP contribution in [0.25, 0.3) is 0 Å². The smallest absolute Gasteiger partial charge is 0.246 e. The van der Waals surface area contributed by atoms with Gasteiger partial charge in [0.05, 0.1) is 6.54 Å². The van der Waals surface area contributed by atoms with E-state index in [4.69, 9.17) is 9.26 Å². The highest BCUT2D eigenvalue weighted by molar-refractivity contribution is 5.44. The molecule has 0 amide bonds. The highest BCUT2D eigenvalue weighted by Crippen LogP contribution is 2.13. The van der Waals surface area contributed by atoms with Gasteiger partial charge in [-0.05, 0) is 26.0 Å². The Morgan fingerprint density at radius 1 is 1.33 bits per heavy atom. The first kappa shape index (κ1) is 12.6. The first-order chi connectivity index (χ1) is 8.69. The van der Waals surface area contributed by atoms with E-state index in [1.54, 1.807) is 7.11 Å². The van der Waals surface area contributed by atoms with Crippen molar-refractivity contribution in [3.63, 3.8) is 0 Å². The number of hydrogen-bond donors (Lipinski definition) is 1. The summed E-state index contributed by atoms with van der Waals surface area (Å²) in [6, 6.07) is 8.14. The average molecular weight is 247 g/mol. The van der Waals surface area contributed by atoms with E-state index in [9.17, 15) is 0 Å². The lowest BCUT2D eigenvalue weighted by molar-refractivity contribution is 0.109. The molecular weight excluding hydrogens is 230 g/mol. The van der Waals surface area contributed by atoms with E-state index in [1.165, 1.54) is 5.56 Å². The van der Waals surface area contributed by atoms with Gasteiger partial charge in [0.15, 0.2) is 5.82 Å². The Kier molecular flexibility index (Phi) is 3.94. The van der Waals surface area contributed by atoms with Gasteiger partial charge in [0.2, 0.25) is 5.89 Å². The van der Waals surface area contributed by atoms with Crippen molar-refractivity contribution in [3.8, 4) is 0 Å². The minimum Gasteiger partial charge on any atom is -0.376 e. The zero-order valence-electron chi connectivity index (χ0n) is 10.8. The van der Waals surface area contributed by atoms with Crippen molar-refractivity contribution in [3.05, 3.63) is 41.5 Å². The highest BCUT2D eigenvalue weighted by Gasteiger charge is 2.12. The standard InChI is InChI=1S/C13H17N3O2/c1-9-4-6-11(7-5-9)14-8-12-15-13(16-18-12)10(2)17-3/h4-7,10,14H,8H2,1-3H3. The summed E-state index contributed by atoms with van der Waals surface area (Å²) in [6.45, 7) is 4.44. The number of nitrogens with one attached hydrogen (secondary N) is 1. The van der Waals surface area contributed by atoms with Gasteiger partial charge in [-0.3, -0.25) is 0 Å². The lowest BCUT2D eigenvalue weighted by Gasteiger charge is -2.03. The molecule has 0 aliphatic heterocycles. The molecule has 0 fully saturated rings. The Labute approximate surface area is 106 Å². The number of aryl methyl sites for hydroxylation is 1. The molecule has 0 aliphatic carbocycles. The Morgan fingerprint density at radius 3 is 2.72 bits per heavy atom. The lowest BCUT2D eigenvalue weighted by Crippen LogP contribution is -2.01. The van der Waals surface area contributed by atoms with Gasteiger partial charge >= 0.3 is 0 Å². The van der Waals surface area contributed by atoms with Gasteiger partial charge in [0.25, 0.3) is 0 Å². The molecule has 1 atom stereocenters. The summed E-state index contributed by atoms with van der Waals surface area (Å²) in [5.74, 6) is 1.12. The quantitative estimate of drug-likeness (QED) is 0.880. The first-order valence-electron chi connectivity index (χ1n) is 5.85. The Hall–Kier alpha value is -1.88. The molecule has 1 aromatic heterocycles. The fourth-order valence-electron chi connectivity index (χ4n) is 1.46. The number of anilines is 1. The van der Waals surface area contributed by atoms with Crippen LogP contribution in [0, 0.1) is 6.92 Å². The van der Waals surface area contributed by atoms with Gasteiger partial charge < -0.3 is 14.6 Å². The Bertz CT molecular complexity index is 493. The number of aromatic nitrogens is 2. The topological polar surface area (TPSA) is 60.2 Å². The van der Waals surface area contributed by atoms with E-state index in [2.05, 4.69) is 34.5 Å². The van der Waals surface area contributed by atoms with Gasteiger partial charge in [-0.2, -0.15) is 4.98 Å². The van der Waals surface area contributed by atoms with Crippen LogP contribution in [0.2, 0.25) is 0 Å². The summed E-state index contributed by atoms with van der Waals surface area (Å²) in [5, 5.41) is 7.08. The minimum absolute atomic E-state index is 0.151. The molecule has 0 saturated carbocycles. The molecule has 2 rings (SSSR count). The Morgan fingerprint density at radius 2 is 2.06 bits per heavy atom. The van der Waals surface area contributed by atoms with Crippen molar-refractivity contribution in [1.29, 1.82) is 0 Å². The number of benzene rings is 1. The molecule has 96 valence electrons. The molecule has 1 N–H and O–H groups in total. The zero-order chi connectivity index (χ0) is 13.0. The SMILES string of the molecule is COC(C)c1noc(CNc2ccc(C)cc2)n1. The van der Waals surface area contributed by atoms with Crippen molar-refractivity contribution >= 4 is 5.69 Å². The van der Waals surface area contributed by atoms with Crippen LogP contribution in [0.15, 0.2) is 28.8 Å². The summed E-state index contributed by atoms with van der Waals surface area (Å²) in [6.07, 6.45) is -0.151. The highest BCUT2D eigenvalue weighted by atomic mass is 16.5. The van der Waals surface area contributed by atoms with Crippen LogP contribution in [0.5, 0.6) is 0 Å². The summed E-state index contributed by atoms with van der Waals surface area (Å²) in [4.78, 5) is 4.25. The average Bonchev–Trinajstić information content (AvgIpc) is 2.86. The first-order valence-corrected chi connectivity index (χ1v) is 5.85. The molecule has 0 bridgehead atoms. The van der Waals surface area contributed by atoms with Crippen molar-refractivity contribution in [2.45, 2.75) is 26.5 Å². The van der Waals surface area contributed by atoms with Gasteiger partial charge in [-0.15, -0.1) is 0 Å². The van der Waals surface area contributed by atoms with Crippen LogP contribution in [0.4, 0.5) is 5.69 Å². The monoisotopic (exact) mass is 247 g/mol. The number of ether oxygens (including phenoxy) is 1. The van der Waals surface area contributed by atoms with Crippen LogP contribution < -0.4 is 5.32 Å². The van der Waals surface area contributed by atoms with Gasteiger partial charge in [-0.1, -0.05) is 22.9 Å². The summed E-state index contributed by atoms with van der Waals surface area (Å²) >= 11 is 0. The number of methoxy groups -OCH3 is 1. The zero-order valence-corrected chi connectivity index (χ0v) is 10.8. The molecule has 1 aromatic carbocycles. The Balaban J connectivity index is 1.94. The number of hydrogen-bond acceptors (Lipinski definition) is 5. The molecule has 18 heavy (non-hydrogen) atoms. The molecule has 0 spiro atoms. The van der Waals surface area contributed by atoms with E-state index in [0.29, 0.717) is 18.3 Å². The van der Waals surface area contributed by atoms with E-state index in [1.807, 2.05) is 19.1 Å². The van der Waals surface area contributed by atoms with E-state index in [0.717, 1.165) is 5.69 Å². The van der Waals surface area contributed by atoms with Gasteiger partial charge in [0, 0.05) is 12.8 Å². The van der Waals surface area contributed by atoms with E-state index < -0.39 is 0 Å². The fraction of sp³-hybridized carbons (Fsp3) is 0.385. The third-order valence-corrected chi connectivity index (χ3v) is 2.70. The third-order valence-electron chi connectivity index (χ3n) is 2.70. The minimum atomic E-state index is -0.151. The van der Waals surface area contributed by atoms with Crippen molar-refractivity contribution in [2.75, 3.05) is 12.4 Å². The fourth-order valence-corrected chi connectivity index (χ4v) is 1.46. The largest absolute Gasteiger partial charge is 0.376 e. The van der Waals surface area contributed by atoms with Crippen LogP contribution in [0.1, 0.15) is 30.3 Å². The lowest BCUT2D eigenvalue weighted by atomic mass is 10.2. The van der Waals surface area contributed by atoms with Crippen molar-refractivity contribution < 1.29 is 9.26 Å². The van der Waals surface area contributed by atoms with Gasteiger partial charge in [0.1, 0.15) is 6.10 Å². The summed E-state index contributed by atoms with van der Waals surface area (Å²) in [5.41, 5.74) is 2.26. The second-order valence-corrected chi connectivity index (χ2v) is 4.14. The summed E-state index contributed by atoms with van der Waals surface area (Å²) < 4.78 is 10.2. The molecule has 0 aliphatic rings. The second kappa shape index (κ2) is 5.64. The molecule has 1 heterocycles. The van der Waals surface area contributed by atoms with Crippen LogP contribution in [0.3, 0.4) is 0 Å². The van der Waals surface area contributed by atoms with E-state index >= 15 is 0 Å². The van der Waals surface area contributed by atoms with Crippen LogP contribution in [-0.4, -0.2) is 17.3 Å². The van der Waals surface area contributed by atoms with Crippen LogP contribution in [-0.2, 0) is 11.3 Å². The molecule has 0 radical (unpaired) electrons. The van der Waals surface area contributed by atoms with Crippen molar-refractivity contribution in [2.24, 2.45) is 0 Å². The van der Waals surface area contributed by atoms with Crippen molar-refractivity contribution in [1.82, 2.24) is 10.1 Å². The maximum atomic E-state index is 5.13. The molecular formula is C13H17N3O2. The van der Waals surface area contributed by atoms with Crippen LogP contribution >= 0.6 is 0 Å². The molecule has 5 heteroatoms. The molecule has 1 unspecified atom stereocenters. The molecule has 0 saturated heterocycles. The molecule has 2 aromatic rings. The van der Waals surface area contributed by atoms with Gasteiger partial charge in [-0.25, -0.2) is 0 Å². The number of rotatable bonds is 5. The maximum Gasteiger partial charge on any atom is 0.246 e. The third kappa shape index (κ3) is 3.07. The maximum absolute atomic E-state index is 5.13. The van der Waals surface area contributed by atoms with E-state index in [-0.39, 0.29) is 6.10 Å². The summed E-state index contributed by atoms with van der Waals surface area (Å²) in [7, 11) is 1.62. The normalized spacial score (nSPS) is 12.4. The number of nitrogens with zero attached hydrogens (tertiary/aromatic N) is 2.